The van der Waals surface area contributed by atoms with Crippen molar-refractivity contribution in [3.63, 3.8) is 0 Å². The first-order chi connectivity index (χ1) is 23.2. The number of carbonyl (C=O) groups is 5. The molecule has 3 aliphatic heterocycles. The molecule has 15 nitrogen and oxygen atoms in total. The smallest absolute Gasteiger partial charge is 0.255 e. The van der Waals surface area contributed by atoms with Gasteiger partial charge in [0.15, 0.2) is 5.82 Å². The summed E-state index contributed by atoms with van der Waals surface area (Å²) in [6.07, 6.45) is 1.61. The van der Waals surface area contributed by atoms with Crippen LogP contribution in [0.15, 0.2) is 48.5 Å². The van der Waals surface area contributed by atoms with Crippen molar-refractivity contribution in [2.75, 3.05) is 48.8 Å². The lowest BCUT2D eigenvalue weighted by atomic mass is 9.95. The molecule has 0 radical (unpaired) electrons. The van der Waals surface area contributed by atoms with E-state index in [0.29, 0.717) is 59.7 Å². The number of amides is 5. The molecule has 6 rings (SSSR count). The third-order valence-electron chi connectivity index (χ3n) is 8.82. The molecular weight excluding hydrogens is 620 g/mol. The van der Waals surface area contributed by atoms with Crippen LogP contribution in [-0.2, 0) is 30.5 Å². The minimum atomic E-state index is -0.751. The number of phenols is 1. The zero-order chi connectivity index (χ0) is 33.8. The van der Waals surface area contributed by atoms with Crippen molar-refractivity contribution < 1.29 is 33.8 Å². The second-order valence-electron chi connectivity index (χ2n) is 11.9. The molecule has 250 valence electrons. The lowest BCUT2D eigenvalue weighted by Gasteiger charge is -2.33. The molecule has 0 aliphatic carbocycles. The molecule has 0 saturated carbocycles. The number of piperidine rings is 2. The van der Waals surface area contributed by atoms with Gasteiger partial charge >= 0.3 is 0 Å². The number of imide groups is 1. The number of hydrogen-bond donors (Lipinski definition) is 5. The Morgan fingerprint density at radius 2 is 1.79 bits per heavy atom. The van der Waals surface area contributed by atoms with Crippen LogP contribution < -0.4 is 26.6 Å². The fraction of sp³-hybridized carbons (Fsp3) is 0.364. The number of fused-ring (bicyclic) bond motifs is 1. The molecule has 4 heterocycles. The second kappa shape index (κ2) is 14.0. The fourth-order valence-corrected chi connectivity index (χ4v) is 6.29. The van der Waals surface area contributed by atoms with Gasteiger partial charge in [0.1, 0.15) is 18.4 Å². The number of rotatable bonds is 10. The number of hydrogen-bond acceptors (Lipinski definition) is 11. The van der Waals surface area contributed by atoms with Crippen molar-refractivity contribution in [2.45, 2.75) is 38.3 Å². The number of ether oxygens (including phenoxy) is 1. The predicted octanol–water partition coefficient (Wildman–Crippen LogP) is 1.18. The summed E-state index contributed by atoms with van der Waals surface area (Å²) in [5, 5.41) is 26.3. The number of aromatic nitrogens is 2. The Labute approximate surface area is 275 Å². The van der Waals surface area contributed by atoms with Crippen LogP contribution in [-0.4, -0.2) is 88.6 Å². The summed E-state index contributed by atoms with van der Waals surface area (Å²) in [6.45, 7) is 1.41. The maximum absolute atomic E-state index is 13.0. The largest absolute Gasteiger partial charge is 0.507 e. The van der Waals surface area contributed by atoms with E-state index in [4.69, 9.17) is 10.5 Å². The van der Waals surface area contributed by atoms with Crippen molar-refractivity contribution in [1.82, 2.24) is 25.7 Å². The van der Waals surface area contributed by atoms with Crippen molar-refractivity contribution in [1.29, 1.82) is 0 Å². The Kier molecular flexibility index (Phi) is 9.48. The minimum absolute atomic E-state index is 0.0940. The number of anilines is 3. The number of para-hydroxylation sites is 1. The highest BCUT2D eigenvalue weighted by atomic mass is 16.5. The van der Waals surface area contributed by atoms with Gasteiger partial charge in [-0.2, -0.15) is 0 Å². The number of nitrogen functional groups attached to an aromatic ring is 1. The van der Waals surface area contributed by atoms with E-state index in [2.05, 4.69) is 31.0 Å². The van der Waals surface area contributed by atoms with Crippen LogP contribution in [0.5, 0.6) is 5.75 Å². The molecule has 48 heavy (non-hydrogen) atoms. The molecule has 2 fully saturated rings. The maximum atomic E-state index is 13.0. The maximum Gasteiger partial charge on any atom is 0.255 e. The molecule has 0 spiro atoms. The first-order valence-electron chi connectivity index (χ1n) is 15.8. The first kappa shape index (κ1) is 32.4. The van der Waals surface area contributed by atoms with E-state index in [1.54, 1.807) is 48.5 Å². The van der Waals surface area contributed by atoms with Crippen LogP contribution in [0.2, 0.25) is 0 Å². The van der Waals surface area contributed by atoms with Gasteiger partial charge < -0.3 is 36.0 Å². The van der Waals surface area contributed by atoms with Crippen LogP contribution in [0.4, 0.5) is 17.2 Å². The standard InChI is InChI=1S/C33H36N8O7/c34-30-26(16-24(38-39-30)21-4-1-2-7-27(21)42)40-13-10-19(11-14-40)31(45)35-12-15-48-18-29(44)36-23-6-3-5-20-22(23)17-41(33(20)47)25-8-9-28(43)37-32(25)46/h1-7,16,19,25,42H,8-15,17-18H2,(H2,34,39)(H,35,45)(H,36,44)(H,37,43,46). The molecule has 1 aromatic heterocycles. The number of benzene rings is 2. The molecule has 3 aromatic rings. The molecular formula is C33H36N8O7. The minimum Gasteiger partial charge on any atom is -0.507 e. The van der Waals surface area contributed by atoms with Gasteiger partial charge in [0.2, 0.25) is 23.6 Å². The van der Waals surface area contributed by atoms with Gasteiger partial charge in [0.25, 0.3) is 5.91 Å². The average Bonchev–Trinajstić information content (AvgIpc) is 3.42. The third kappa shape index (κ3) is 6.90. The van der Waals surface area contributed by atoms with Crippen molar-refractivity contribution in [2.24, 2.45) is 5.92 Å². The van der Waals surface area contributed by atoms with Crippen LogP contribution >= 0.6 is 0 Å². The van der Waals surface area contributed by atoms with E-state index in [1.165, 1.54) is 4.90 Å². The van der Waals surface area contributed by atoms with E-state index in [9.17, 15) is 29.1 Å². The van der Waals surface area contributed by atoms with Crippen molar-refractivity contribution in [3.05, 3.63) is 59.7 Å². The van der Waals surface area contributed by atoms with Crippen molar-refractivity contribution >= 4 is 46.7 Å². The van der Waals surface area contributed by atoms with Gasteiger partial charge in [-0.05, 0) is 49.6 Å². The molecule has 6 N–H and O–H groups in total. The molecule has 3 aliphatic rings. The fourth-order valence-electron chi connectivity index (χ4n) is 6.29. The van der Waals surface area contributed by atoms with Crippen LogP contribution in [0, 0.1) is 5.92 Å². The summed E-state index contributed by atoms with van der Waals surface area (Å²) in [7, 11) is 0. The molecule has 15 heteroatoms. The second-order valence-corrected chi connectivity index (χ2v) is 11.9. The predicted molar refractivity (Wildman–Crippen MR) is 173 cm³/mol. The lowest BCUT2D eigenvalue weighted by Crippen LogP contribution is -2.52. The van der Waals surface area contributed by atoms with Crippen LogP contribution in [0.3, 0.4) is 0 Å². The highest BCUT2D eigenvalue weighted by Crippen LogP contribution is 2.34. The first-order valence-corrected chi connectivity index (χ1v) is 15.8. The molecule has 2 aromatic carbocycles. The van der Waals surface area contributed by atoms with E-state index < -0.39 is 17.9 Å². The number of nitrogens with zero attached hydrogens (tertiary/aromatic N) is 4. The van der Waals surface area contributed by atoms with Gasteiger partial charge in [-0.15, -0.1) is 10.2 Å². The monoisotopic (exact) mass is 656 g/mol. The highest BCUT2D eigenvalue weighted by molar-refractivity contribution is 6.06. The quantitative estimate of drug-likeness (QED) is 0.155. The number of aromatic hydroxyl groups is 1. The van der Waals surface area contributed by atoms with E-state index in [1.807, 2.05) is 0 Å². The van der Waals surface area contributed by atoms with Gasteiger partial charge in [0.05, 0.1) is 18.0 Å². The summed E-state index contributed by atoms with van der Waals surface area (Å²) >= 11 is 0. The molecule has 1 unspecified atom stereocenters. The Bertz CT molecular complexity index is 1760. The molecule has 1 atom stereocenters. The molecule has 5 amide bonds. The summed E-state index contributed by atoms with van der Waals surface area (Å²) < 4.78 is 5.49. The number of carbonyl (C=O) groups excluding carboxylic acids is 5. The lowest BCUT2D eigenvalue weighted by molar-refractivity contribution is -0.137. The SMILES string of the molecule is Nc1nnc(-c2ccccc2O)cc1N1CCC(C(=O)NCCOCC(=O)Nc2cccc3c2CN(C2CCC(=O)NC2=O)C3=O)CC1. The normalized spacial score (nSPS) is 18.0. The Morgan fingerprint density at radius 1 is 1.02 bits per heavy atom. The van der Waals surface area contributed by atoms with Gasteiger partial charge in [0, 0.05) is 60.9 Å². The topological polar surface area (TPSA) is 209 Å². The Hall–Kier alpha value is -5.57. The highest BCUT2D eigenvalue weighted by Gasteiger charge is 2.40. The zero-order valence-electron chi connectivity index (χ0n) is 26.1. The zero-order valence-corrected chi connectivity index (χ0v) is 26.1. The van der Waals surface area contributed by atoms with Crippen LogP contribution in [0.1, 0.15) is 41.6 Å². The third-order valence-corrected chi connectivity index (χ3v) is 8.82. The molecule has 0 bridgehead atoms. The number of phenolic OH excluding ortho intramolecular Hbond substituents is 1. The average molecular weight is 657 g/mol. The van der Waals surface area contributed by atoms with Gasteiger partial charge in [-0.3, -0.25) is 29.3 Å². The summed E-state index contributed by atoms with van der Waals surface area (Å²) in [6, 6.07) is 12.9. The Morgan fingerprint density at radius 3 is 2.56 bits per heavy atom. The van der Waals surface area contributed by atoms with Crippen molar-refractivity contribution in [3.8, 4) is 17.0 Å². The number of nitrogens with one attached hydrogen (secondary N) is 3. The Balaban J connectivity index is 0.926. The summed E-state index contributed by atoms with van der Waals surface area (Å²) in [4.78, 5) is 65.8. The van der Waals surface area contributed by atoms with Gasteiger partial charge in [-0.25, -0.2) is 0 Å². The van der Waals surface area contributed by atoms with E-state index >= 15 is 0 Å². The number of nitrogens with two attached hydrogens (primary N) is 1. The van der Waals surface area contributed by atoms with Crippen LogP contribution in [0.25, 0.3) is 11.3 Å². The summed E-state index contributed by atoms with van der Waals surface area (Å²) in [5.74, 6) is -1.53. The molecule has 2 saturated heterocycles. The summed E-state index contributed by atoms with van der Waals surface area (Å²) in [5.41, 5.74) is 9.32. The van der Waals surface area contributed by atoms with E-state index in [-0.39, 0.29) is 74.4 Å². The van der Waals surface area contributed by atoms with E-state index in [0.717, 1.165) is 0 Å². The van der Waals surface area contributed by atoms with Gasteiger partial charge in [-0.1, -0.05) is 18.2 Å².